The van der Waals surface area contributed by atoms with E-state index in [-0.39, 0.29) is 5.54 Å². The van der Waals surface area contributed by atoms with Crippen molar-refractivity contribution in [2.24, 2.45) is 23.5 Å². The number of hydrogen-bond donors (Lipinski definition) is 1. The molecular formula is C12H25N. The highest BCUT2D eigenvalue weighted by Gasteiger charge is 2.34. The van der Waals surface area contributed by atoms with Gasteiger partial charge >= 0.3 is 0 Å². The van der Waals surface area contributed by atoms with E-state index in [4.69, 9.17) is 5.73 Å². The fraction of sp³-hybridized carbons (Fsp3) is 1.00. The minimum atomic E-state index is 0.0724. The Balaban J connectivity index is 2.59. The summed E-state index contributed by atoms with van der Waals surface area (Å²) >= 11 is 0. The maximum atomic E-state index is 6.32. The van der Waals surface area contributed by atoms with E-state index in [0.29, 0.717) is 0 Å². The maximum Gasteiger partial charge on any atom is 0.0151 e. The van der Waals surface area contributed by atoms with Crippen molar-refractivity contribution in [2.75, 3.05) is 0 Å². The van der Waals surface area contributed by atoms with Crippen molar-refractivity contribution in [3.8, 4) is 0 Å². The van der Waals surface area contributed by atoms with Crippen LogP contribution in [-0.4, -0.2) is 5.54 Å². The first-order valence-corrected chi connectivity index (χ1v) is 5.74. The molecule has 2 N–H and O–H groups in total. The Labute approximate surface area is 83.1 Å². The standard InChI is InChI=1S/C12H25N/c1-5-12(4,13)11-7-9(2)6-10(3)8-11/h9-11H,5-8,13H2,1-4H3. The van der Waals surface area contributed by atoms with Crippen molar-refractivity contribution in [3.63, 3.8) is 0 Å². The average Bonchev–Trinajstić information content (AvgIpc) is 2.02. The zero-order valence-corrected chi connectivity index (χ0v) is 9.64. The van der Waals surface area contributed by atoms with Crippen LogP contribution in [0.5, 0.6) is 0 Å². The van der Waals surface area contributed by atoms with E-state index in [1.165, 1.54) is 19.3 Å². The van der Waals surface area contributed by atoms with Gasteiger partial charge in [-0.25, -0.2) is 0 Å². The molecule has 0 aromatic rings. The van der Waals surface area contributed by atoms with Crippen molar-refractivity contribution in [3.05, 3.63) is 0 Å². The first-order chi connectivity index (χ1) is 5.95. The van der Waals surface area contributed by atoms with Gasteiger partial charge in [-0.15, -0.1) is 0 Å². The van der Waals surface area contributed by atoms with Crippen molar-refractivity contribution in [1.82, 2.24) is 0 Å². The van der Waals surface area contributed by atoms with Crippen LogP contribution in [0.2, 0.25) is 0 Å². The molecule has 0 aliphatic heterocycles. The molecule has 0 radical (unpaired) electrons. The molecule has 1 fully saturated rings. The fourth-order valence-electron chi connectivity index (χ4n) is 2.77. The Kier molecular flexibility index (Phi) is 3.39. The highest BCUT2D eigenvalue weighted by molar-refractivity contribution is 4.90. The Morgan fingerprint density at radius 2 is 1.62 bits per heavy atom. The second-order valence-corrected chi connectivity index (χ2v) is 5.47. The van der Waals surface area contributed by atoms with Crippen LogP contribution < -0.4 is 5.73 Å². The van der Waals surface area contributed by atoms with Crippen LogP contribution in [0.4, 0.5) is 0 Å². The van der Waals surface area contributed by atoms with Gasteiger partial charge in [0, 0.05) is 5.54 Å². The van der Waals surface area contributed by atoms with Gasteiger partial charge in [-0.1, -0.05) is 20.8 Å². The van der Waals surface area contributed by atoms with Gasteiger partial charge < -0.3 is 5.73 Å². The summed E-state index contributed by atoms with van der Waals surface area (Å²) in [6, 6.07) is 0. The van der Waals surface area contributed by atoms with Gasteiger partial charge in [0.05, 0.1) is 0 Å². The van der Waals surface area contributed by atoms with E-state index >= 15 is 0 Å². The van der Waals surface area contributed by atoms with Crippen LogP contribution in [-0.2, 0) is 0 Å². The largest absolute Gasteiger partial charge is 0.325 e. The summed E-state index contributed by atoms with van der Waals surface area (Å²) in [5, 5.41) is 0. The van der Waals surface area contributed by atoms with Crippen molar-refractivity contribution >= 4 is 0 Å². The van der Waals surface area contributed by atoms with Crippen LogP contribution in [0.15, 0.2) is 0 Å². The normalized spacial score (nSPS) is 39.9. The molecule has 1 aliphatic rings. The summed E-state index contributed by atoms with van der Waals surface area (Å²) in [6.45, 7) is 9.18. The number of nitrogens with two attached hydrogens (primary N) is 1. The smallest absolute Gasteiger partial charge is 0.0151 e. The van der Waals surface area contributed by atoms with Crippen LogP contribution in [0, 0.1) is 17.8 Å². The third kappa shape index (κ3) is 2.70. The predicted octanol–water partition coefficient (Wildman–Crippen LogP) is 3.19. The molecule has 78 valence electrons. The molecule has 3 unspecified atom stereocenters. The zero-order valence-electron chi connectivity index (χ0n) is 9.64. The van der Waals surface area contributed by atoms with Crippen LogP contribution in [0.3, 0.4) is 0 Å². The summed E-state index contributed by atoms with van der Waals surface area (Å²) in [6.07, 6.45) is 5.18. The first-order valence-electron chi connectivity index (χ1n) is 5.74. The molecule has 0 bridgehead atoms. The molecule has 0 amide bonds. The second-order valence-electron chi connectivity index (χ2n) is 5.47. The van der Waals surface area contributed by atoms with Gasteiger partial charge in [-0.05, 0) is 50.4 Å². The predicted molar refractivity (Wildman–Crippen MR) is 58.6 cm³/mol. The monoisotopic (exact) mass is 183 g/mol. The molecule has 1 saturated carbocycles. The zero-order chi connectivity index (χ0) is 10.1. The first kappa shape index (κ1) is 11.0. The molecule has 1 rings (SSSR count). The lowest BCUT2D eigenvalue weighted by atomic mass is 9.68. The minimum Gasteiger partial charge on any atom is -0.325 e. The molecule has 1 aliphatic carbocycles. The average molecular weight is 183 g/mol. The van der Waals surface area contributed by atoms with E-state index < -0.39 is 0 Å². The lowest BCUT2D eigenvalue weighted by Gasteiger charge is -2.41. The molecule has 0 heterocycles. The molecule has 0 aromatic carbocycles. The van der Waals surface area contributed by atoms with Crippen molar-refractivity contribution in [1.29, 1.82) is 0 Å². The Hall–Kier alpha value is -0.0400. The van der Waals surface area contributed by atoms with Gasteiger partial charge in [-0.2, -0.15) is 0 Å². The van der Waals surface area contributed by atoms with Gasteiger partial charge in [0.1, 0.15) is 0 Å². The molecule has 1 heteroatoms. The van der Waals surface area contributed by atoms with E-state index in [0.717, 1.165) is 24.2 Å². The number of rotatable bonds is 2. The van der Waals surface area contributed by atoms with Crippen molar-refractivity contribution in [2.45, 2.75) is 58.9 Å². The fourth-order valence-corrected chi connectivity index (χ4v) is 2.77. The maximum absolute atomic E-state index is 6.32. The summed E-state index contributed by atoms with van der Waals surface area (Å²) in [5.74, 6) is 2.50. The lowest BCUT2D eigenvalue weighted by molar-refractivity contribution is 0.142. The topological polar surface area (TPSA) is 26.0 Å². The van der Waals surface area contributed by atoms with E-state index in [9.17, 15) is 0 Å². The summed E-state index contributed by atoms with van der Waals surface area (Å²) in [7, 11) is 0. The molecular weight excluding hydrogens is 158 g/mol. The summed E-state index contributed by atoms with van der Waals surface area (Å²) in [5.41, 5.74) is 6.39. The lowest BCUT2D eigenvalue weighted by Crippen LogP contribution is -2.46. The van der Waals surface area contributed by atoms with E-state index in [1.807, 2.05) is 0 Å². The van der Waals surface area contributed by atoms with Gasteiger partial charge in [-0.3, -0.25) is 0 Å². The molecule has 13 heavy (non-hydrogen) atoms. The number of hydrogen-bond acceptors (Lipinski definition) is 1. The SMILES string of the molecule is CCC(C)(N)C1CC(C)CC(C)C1. The Morgan fingerprint density at radius 1 is 1.15 bits per heavy atom. The summed E-state index contributed by atoms with van der Waals surface area (Å²) in [4.78, 5) is 0. The van der Waals surface area contributed by atoms with Crippen molar-refractivity contribution < 1.29 is 0 Å². The third-order valence-corrected chi connectivity index (χ3v) is 3.87. The molecule has 0 aromatic heterocycles. The minimum absolute atomic E-state index is 0.0724. The van der Waals surface area contributed by atoms with Crippen LogP contribution in [0.1, 0.15) is 53.4 Å². The molecule has 0 spiro atoms. The van der Waals surface area contributed by atoms with Crippen LogP contribution >= 0.6 is 0 Å². The highest BCUT2D eigenvalue weighted by Crippen LogP contribution is 2.38. The molecule has 0 saturated heterocycles. The van der Waals surface area contributed by atoms with E-state index in [2.05, 4.69) is 27.7 Å². The van der Waals surface area contributed by atoms with Gasteiger partial charge in [0.25, 0.3) is 0 Å². The highest BCUT2D eigenvalue weighted by atomic mass is 14.7. The quantitative estimate of drug-likeness (QED) is 0.699. The summed E-state index contributed by atoms with van der Waals surface area (Å²) < 4.78 is 0. The second kappa shape index (κ2) is 4.00. The third-order valence-electron chi connectivity index (χ3n) is 3.87. The Morgan fingerprint density at radius 3 is 2.00 bits per heavy atom. The Bertz CT molecular complexity index is 153. The van der Waals surface area contributed by atoms with Crippen LogP contribution in [0.25, 0.3) is 0 Å². The molecule has 1 nitrogen and oxygen atoms in total. The van der Waals surface area contributed by atoms with E-state index in [1.54, 1.807) is 0 Å². The van der Waals surface area contributed by atoms with Gasteiger partial charge in [0.15, 0.2) is 0 Å². The molecule has 3 atom stereocenters. The van der Waals surface area contributed by atoms with Gasteiger partial charge in [0.2, 0.25) is 0 Å².